The Morgan fingerprint density at radius 3 is 2.69 bits per heavy atom. The predicted octanol–water partition coefficient (Wildman–Crippen LogP) is 1.10. The molecule has 0 aliphatic carbocycles. The Labute approximate surface area is 95.2 Å². The number of aliphatic hydroxyl groups excluding tert-OH is 1. The van der Waals surface area contributed by atoms with Gasteiger partial charge in [0.05, 0.1) is 26.4 Å². The van der Waals surface area contributed by atoms with E-state index in [0.717, 1.165) is 30.0 Å². The van der Waals surface area contributed by atoms with Crippen LogP contribution in [0.2, 0.25) is 0 Å². The number of rotatable bonds is 3. The molecular weight excluding hydrogens is 206 g/mol. The summed E-state index contributed by atoms with van der Waals surface area (Å²) < 4.78 is 10.5. The number of aliphatic hydroxyl groups is 1. The normalized spacial score (nSPS) is 24.4. The molecule has 2 N–H and O–H groups in total. The van der Waals surface area contributed by atoms with Crippen LogP contribution in [-0.4, -0.2) is 32.0 Å². The van der Waals surface area contributed by atoms with Crippen LogP contribution >= 0.6 is 0 Å². The maximum atomic E-state index is 9.87. The highest BCUT2D eigenvalue weighted by molar-refractivity contribution is 5.43. The van der Waals surface area contributed by atoms with Crippen LogP contribution in [0.3, 0.4) is 0 Å². The van der Waals surface area contributed by atoms with Gasteiger partial charge in [-0.05, 0) is 31.2 Å². The van der Waals surface area contributed by atoms with E-state index in [2.05, 4.69) is 5.32 Å². The van der Waals surface area contributed by atoms with E-state index in [4.69, 9.17) is 9.47 Å². The van der Waals surface area contributed by atoms with Crippen molar-refractivity contribution < 1.29 is 14.6 Å². The van der Waals surface area contributed by atoms with Gasteiger partial charge in [-0.3, -0.25) is 0 Å². The number of ether oxygens (including phenoxy) is 2. The van der Waals surface area contributed by atoms with Crippen LogP contribution in [0, 0.1) is 0 Å². The molecule has 1 saturated heterocycles. The topological polar surface area (TPSA) is 50.7 Å². The van der Waals surface area contributed by atoms with E-state index in [0.29, 0.717) is 0 Å². The first-order valence-electron chi connectivity index (χ1n) is 5.39. The molecule has 1 fully saturated rings. The van der Waals surface area contributed by atoms with Crippen LogP contribution in [0.4, 0.5) is 0 Å². The van der Waals surface area contributed by atoms with Gasteiger partial charge in [-0.1, -0.05) is 0 Å². The van der Waals surface area contributed by atoms with Gasteiger partial charge in [0.2, 0.25) is 0 Å². The number of hydrogen-bond acceptors (Lipinski definition) is 4. The van der Waals surface area contributed by atoms with Crippen molar-refractivity contribution >= 4 is 0 Å². The summed E-state index contributed by atoms with van der Waals surface area (Å²) in [6.45, 7) is 0.826. The number of methoxy groups -OCH3 is 2. The Bertz CT molecular complexity index is 367. The average Bonchev–Trinajstić information content (AvgIpc) is 2.74. The van der Waals surface area contributed by atoms with E-state index in [9.17, 15) is 5.11 Å². The molecule has 4 nitrogen and oxygen atoms in total. The molecule has 0 radical (unpaired) electrons. The third-order valence-corrected chi connectivity index (χ3v) is 2.96. The lowest BCUT2D eigenvalue weighted by atomic mass is 10.0. The van der Waals surface area contributed by atoms with E-state index >= 15 is 0 Å². The smallest absolute Gasteiger partial charge is 0.124 e. The van der Waals surface area contributed by atoms with E-state index in [-0.39, 0.29) is 12.1 Å². The summed E-state index contributed by atoms with van der Waals surface area (Å²) in [7, 11) is 3.26. The van der Waals surface area contributed by atoms with Crippen LogP contribution in [-0.2, 0) is 0 Å². The van der Waals surface area contributed by atoms with Crippen LogP contribution < -0.4 is 14.8 Å². The molecule has 16 heavy (non-hydrogen) atoms. The maximum Gasteiger partial charge on any atom is 0.124 e. The second-order valence-electron chi connectivity index (χ2n) is 3.90. The lowest BCUT2D eigenvalue weighted by Gasteiger charge is -2.19. The molecule has 2 rings (SSSR count). The van der Waals surface area contributed by atoms with Crippen molar-refractivity contribution in [1.82, 2.24) is 5.32 Å². The third kappa shape index (κ3) is 1.99. The Morgan fingerprint density at radius 1 is 1.31 bits per heavy atom. The second kappa shape index (κ2) is 4.72. The minimum Gasteiger partial charge on any atom is -0.497 e. The SMILES string of the molecule is COc1ccc(OC)c(C2NCCC2O)c1. The molecule has 2 atom stereocenters. The van der Waals surface area contributed by atoms with Crippen molar-refractivity contribution in [3.05, 3.63) is 23.8 Å². The van der Waals surface area contributed by atoms with Crippen molar-refractivity contribution in [1.29, 1.82) is 0 Å². The highest BCUT2D eigenvalue weighted by atomic mass is 16.5. The zero-order chi connectivity index (χ0) is 11.5. The highest BCUT2D eigenvalue weighted by Crippen LogP contribution is 2.33. The molecule has 1 aromatic rings. The van der Waals surface area contributed by atoms with Gasteiger partial charge in [-0.25, -0.2) is 0 Å². The Hall–Kier alpha value is -1.26. The number of nitrogens with one attached hydrogen (secondary N) is 1. The molecule has 1 aromatic carbocycles. The molecule has 0 bridgehead atoms. The lowest BCUT2D eigenvalue weighted by Crippen LogP contribution is -2.21. The van der Waals surface area contributed by atoms with Gasteiger partial charge in [0.1, 0.15) is 11.5 Å². The molecule has 0 aromatic heterocycles. The van der Waals surface area contributed by atoms with E-state index < -0.39 is 0 Å². The summed E-state index contributed by atoms with van der Waals surface area (Å²) in [4.78, 5) is 0. The Kier molecular flexibility index (Phi) is 3.31. The first kappa shape index (κ1) is 11.2. The monoisotopic (exact) mass is 223 g/mol. The van der Waals surface area contributed by atoms with Gasteiger partial charge in [0.15, 0.2) is 0 Å². The van der Waals surface area contributed by atoms with Gasteiger partial charge in [-0.2, -0.15) is 0 Å². The van der Waals surface area contributed by atoms with Crippen molar-refractivity contribution in [3.63, 3.8) is 0 Å². The van der Waals surface area contributed by atoms with Crippen LogP contribution in [0.25, 0.3) is 0 Å². The molecule has 1 aliphatic heterocycles. The largest absolute Gasteiger partial charge is 0.497 e. The lowest BCUT2D eigenvalue weighted by molar-refractivity contribution is 0.158. The van der Waals surface area contributed by atoms with E-state index in [1.165, 1.54) is 0 Å². The summed E-state index contributed by atoms with van der Waals surface area (Å²) in [5.41, 5.74) is 0.951. The van der Waals surface area contributed by atoms with Crippen molar-refractivity contribution in [3.8, 4) is 11.5 Å². The number of benzene rings is 1. The van der Waals surface area contributed by atoms with Crippen molar-refractivity contribution in [2.24, 2.45) is 0 Å². The third-order valence-electron chi connectivity index (χ3n) is 2.96. The minimum atomic E-state index is -0.360. The van der Waals surface area contributed by atoms with E-state index in [1.54, 1.807) is 14.2 Å². The molecule has 2 unspecified atom stereocenters. The van der Waals surface area contributed by atoms with Gasteiger partial charge < -0.3 is 19.9 Å². The summed E-state index contributed by atoms with van der Waals surface area (Å²) in [5.74, 6) is 1.55. The molecular formula is C12H17NO3. The summed E-state index contributed by atoms with van der Waals surface area (Å²) >= 11 is 0. The van der Waals surface area contributed by atoms with Gasteiger partial charge in [0, 0.05) is 5.56 Å². The Morgan fingerprint density at radius 2 is 2.12 bits per heavy atom. The molecule has 4 heteroatoms. The average molecular weight is 223 g/mol. The first-order valence-corrected chi connectivity index (χ1v) is 5.39. The van der Waals surface area contributed by atoms with Crippen molar-refractivity contribution in [2.75, 3.05) is 20.8 Å². The molecule has 1 heterocycles. The zero-order valence-corrected chi connectivity index (χ0v) is 9.56. The second-order valence-corrected chi connectivity index (χ2v) is 3.90. The Balaban J connectivity index is 2.36. The van der Waals surface area contributed by atoms with Crippen LogP contribution in [0.5, 0.6) is 11.5 Å². The highest BCUT2D eigenvalue weighted by Gasteiger charge is 2.28. The van der Waals surface area contributed by atoms with Gasteiger partial charge in [0.25, 0.3) is 0 Å². The first-order chi connectivity index (χ1) is 7.76. The van der Waals surface area contributed by atoms with Crippen LogP contribution in [0.1, 0.15) is 18.0 Å². The molecule has 0 amide bonds. The van der Waals surface area contributed by atoms with Gasteiger partial charge in [-0.15, -0.1) is 0 Å². The standard InChI is InChI=1S/C12H17NO3/c1-15-8-3-4-11(16-2)9(7-8)12-10(14)5-6-13-12/h3-4,7,10,12-14H,5-6H2,1-2H3. The molecule has 1 aliphatic rings. The summed E-state index contributed by atoms with van der Waals surface area (Å²) in [5, 5.41) is 13.1. The fourth-order valence-corrected chi connectivity index (χ4v) is 2.09. The van der Waals surface area contributed by atoms with E-state index in [1.807, 2.05) is 18.2 Å². The predicted molar refractivity (Wildman–Crippen MR) is 60.9 cm³/mol. The number of hydrogen-bond donors (Lipinski definition) is 2. The molecule has 88 valence electrons. The van der Waals surface area contributed by atoms with Crippen LogP contribution in [0.15, 0.2) is 18.2 Å². The molecule has 0 saturated carbocycles. The van der Waals surface area contributed by atoms with Crippen molar-refractivity contribution in [2.45, 2.75) is 18.6 Å². The fraction of sp³-hybridized carbons (Fsp3) is 0.500. The maximum absolute atomic E-state index is 9.87. The fourth-order valence-electron chi connectivity index (χ4n) is 2.09. The minimum absolute atomic E-state index is 0.0648. The summed E-state index contributed by atoms with van der Waals surface area (Å²) in [6.07, 6.45) is 0.409. The molecule has 0 spiro atoms. The zero-order valence-electron chi connectivity index (χ0n) is 9.56. The quantitative estimate of drug-likeness (QED) is 0.805. The summed E-state index contributed by atoms with van der Waals surface area (Å²) in [6, 6.07) is 5.56. The van der Waals surface area contributed by atoms with Gasteiger partial charge >= 0.3 is 0 Å².